The van der Waals surface area contributed by atoms with Crippen LogP contribution in [-0.4, -0.2) is 65.5 Å². The lowest BCUT2D eigenvalue weighted by Gasteiger charge is -2.46. The van der Waals surface area contributed by atoms with E-state index in [0.717, 1.165) is 24.9 Å². The average Bonchev–Trinajstić information content (AvgIpc) is 3.07. The van der Waals surface area contributed by atoms with Crippen molar-refractivity contribution in [3.05, 3.63) is 29.5 Å². The Balaban J connectivity index is 1.65. The van der Waals surface area contributed by atoms with Crippen molar-refractivity contribution in [3.63, 3.8) is 0 Å². The van der Waals surface area contributed by atoms with Gasteiger partial charge in [-0.3, -0.25) is 4.79 Å². The molecule has 1 fully saturated rings. The summed E-state index contributed by atoms with van der Waals surface area (Å²) in [4.78, 5) is 31.6. The molecular formula is C22H30N4O3. The number of hydrogen-bond acceptors (Lipinski definition) is 4. The molecule has 1 aliphatic carbocycles. The Morgan fingerprint density at radius 3 is 2.76 bits per heavy atom. The number of likely N-dealkylation sites (N-methyl/N-ethyl adjacent to an activating group) is 1. The van der Waals surface area contributed by atoms with Crippen LogP contribution in [0.4, 0.5) is 4.79 Å². The van der Waals surface area contributed by atoms with Gasteiger partial charge in [-0.25, -0.2) is 4.79 Å². The van der Waals surface area contributed by atoms with E-state index < -0.39 is 0 Å². The lowest BCUT2D eigenvalue weighted by Crippen LogP contribution is -2.56. The number of fused-ring (bicyclic) bond motifs is 2. The van der Waals surface area contributed by atoms with Crippen molar-refractivity contribution in [2.24, 2.45) is 0 Å². The molecule has 29 heavy (non-hydrogen) atoms. The molecular weight excluding hydrogens is 368 g/mol. The number of likely N-dealkylation sites (tertiary alicyclic amines) is 1. The van der Waals surface area contributed by atoms with E-state index in [0.29, 0.717) is 24.9 Å². The van der Waals surface area contributed by atoms with Crippen LogP contribution < -0.4 is 10.1 Å². The minimum absolute atomic E-state index is 0.00352. The standard InChI is InChI=1S/C22H30N4O3/c1-5-26(6-2)22(28)24-15-8-17-18-9-16(29-13(3)27)10-19-21(18)14(11-23-19)7-20(17)25(4)12-15/h9-11,15,17,20,23H,5-8,12H2,1-4H3,(H,24,28)/t15-,17?,20+/m0/s1. The first-order chi connectivity index (χ1) is 13.9. The van der Waals surface area contributed by atoms with Gasteiger partial charge in [-0.1, -0.05) is 0 Å². The van der Waals surface area contributed by atoms with E-state index in [2.05, 4.69) is 28.4 Å². The lowest BCUT2D eigenvalue weighted by molar-refractivity contribution is -0.131. The Kier molecular flexibility index (Phi) is 5.25. The monoisotopic (exact) mass is 398 g/mol. The van der Waals surface area contributed by atoms with Crippen LogP contribution in [0.2, 0.25) is 0 Å². The number of benzene rings is 1. The number of hydrogen-bond donors (Lipinski definition) is 2. The minimum atomic E-state index is -0.319. The highest BCUT2D eigenvalue weighted by Gasteiger charge is 2.40. The van der Waals surface area contributed by atoms with Gasteiger partial charge in [-0.05, 0) is 50.9 Å². The Morgan fingerprint density at radius 1 is 1.31 bits per heavy atom. The number of esters is 1. The number of piperidine rings is 1. The van der Waals surface area contributed by atoms with Gasteiger partial charge in [0.05, 0.1) is 0 Å². The minimum Gasteiger partial charge on any atom is -0.427 e. The first-order valence-corrected chi connectivity index (χ1v) is 10.5. The van der Waals surface area contributed by atoms with E-state index >= 15 is 0 Å². The summed E-state index contributed by atoms with van der Waals surface area (Å²) in [5, 5.41) is 4.47. The van der Waals surface area contributed by atoms with Crippen molar-refractivity contribution < 1.29 is 14.3 Å². The van der Waals surface area contributed by atoms with Crippen LogP contribution in [0.15, 0.2) is 18.3 Å². The Hall–Kier alpha value is -2.54. The van der Waals surface area contributed by atoms with Gasteiger partial charge in [0.15, 0.2) is 0 Å². The van der Waals surface area contributed by atoms with E-state index in [9.17, 15) is 9.59 Å². The molecule has 1 aromatic heterocycles. The smallest absolute Gasteiger partial charge is 0.317 e. The van der Waals surface area contributed by atoms with E-state index in [4.69, 9.17) is 4.74 Å². The highest BCUT2D eigenvalue weighted by atomic mass is 16.5. The molecule has 2 aliphatic rings. The molecule has 1 unspecified atom stereocenters. The number of carbonyl (C=O) groups is 2. The van der Waals surface area contributed by atoms with Gasteiger partial charge in [0.1, 0.15) is 5.75 Å². The van der Waals surface area contributed by atoms with Crippen LogP contribution >= 0.6 is 0 Å². The molecule has 3 atom stereocenters. The number of nitrogens with one attached hydrogen (secondary N) is 2. The van der Waals surface area contributed by atoms with Crippen molar-refractivity contribution in [1.82, 2.24) is 20.1 Å². The molecule has 156 valence electrons. The summed E-state index contributed by atoms with van der Waals surface area (Å²) in [6.07, 6.45) is 3.94. The maximum atomic E-state index is 12.6. The van der Waals surface area contributed by atoms with Crippen molar-refractivity contribution in [1.29, 1.82) is 0 Å². The Morgan fingerprint density at radius 2 is 2.07 bits per heavy atom. The molecule has 2 amide bonds. The first kappa shape index (κ1) is 19.8. The molecule has 0 bridgehead atoms. The van der Waals surface area contributed by atoms with Crippen molar-refractivity contribution in [3.8, 4) is 5.75 Å². The average molecular weight is 399 g/mol. The fourth-order valence-electron chi connectivity index (χ4n) is 5.09. The predicted octanol–water partition coefficient (Wildman–Crippen LogP) is 2.86. The van der Waals surface area contributed by atoms with Crippen LogP contribution in [-0.2, 0) is 11.2 Å². The molecule has 2 aromatic rings. The summed E-state index contributed by atoms with van der Waals surface area (Å²) in [6.45, 7) is 7.66. The number of carbonyl (C=O) groups excluding carboxylic acids is 2. The van der Waals surface area contributed by atoms with Gasteiger partial charge >= 0.3 is 12.0 Å². The van der Waals surface area contributed by atoms with Crippen LogP contribution in [0.3, 0.4) is 0 Å². The second kappa shape index (κ2) is 7.71. The van der Waals surface area contributed by atoms with Crippen LogP contribution in [0.5, 0.6) is 5.75 Å². The molecule has 0 radical (unpaired) electrons. The summed E-state index contributed by atoms with van der Waals surface area (Å²) in [7, 11) is 2.14. The third-order valence-corrected chi connectivity index (χ3v) is 6.41. The Labute approximate surface area is 171 Å². The number of ether oxygens (including phenoxy) is 1. The molecule has 2 N–H and O–H groups in total. The van der Waals surface area contributed by atoms with Crippen molar-refractivity contribution in [2.75, 3.05) is 26.7 Å². The second-order valence-corrected chi connectivity index (χ2v) is 8.21. The number of aromatic amines is 1. The zero-order valence-corrected chi connectivity index (χ0v) is 17.6. The summed E-state index contributed by atoms with van der Waals surface area (Å²) in [5.74, 6) is 0.531. The van der Waals surface area contributed by atoms with Gasteiger partial charge in [-0.15, -0.1) is 0 Å². The van der Waals surface area contributed by atoms with E-state index in [1.807, 2.05) is 30.9 Å². The predicted molar refractivity (Wildman–Crippen MR) is 112 cm³/mol. The number of H-pyrrole nitrogens is 1. The molecule has 7 nitrogen and oxygen atoms in total. The summed E-state index contributed by atoms with van der Waals surface area (Å²) < 4.78 is 5.41. The van der Waals surface area contributed by atoms with Crippen LogP contribution in [0.25, 0.3) is 10.9 Å². The molecule has 7 heteroatoms. The number of nitrogens with zero attached hydrogens (tertiary/aromatic N) is 2. The summed E-state index contributed by atoms with van der Waals surface area (Å²) >= 11 is 0. The lowest BCUT2D eigenvalue weighted by atomic mass is 9.74. The topological polar surface area (TPSA) is 77.7 Å². The fourth-order valence-corrected chi connectivity index (χ4v) is 5.09. The molecule has 1 saturated heterocycles. The number of urea groups is 1. The maximum Gasteiger partial charge on any atom is 0.317 e. The number of aromatic nitrogens is 1. The third kappa shape index (κ3) is 3.59. The SMILES string of the molecule is CCN(CC)C(=O)N[C@H]1CC2c3cc(OC(C)=O)cc4[nH]cc(c34)C[C@H]2N(C)C1. The molecule has 0 spiro atoms. The van der Waals surface area contributed by atoms with Gasteiger partial charge in [0.25, 0.3) is 0 Å². The van der Waals surface area contributed by atoms with Crippen molar-refractivity contribution in [2.45, 2.75) is 51.6 Å². The van der Waals surface area contributed by atoms with Gasteiger partial charge in [-0.2, -0.15) is 0 Å². The van der Waals surface area contributed by atoms with Gasteiger partial charge in [0, 0.05) is 67.7 Å². The second-order valence-electron chi connectivity index (χ2n) is 8.21. The third-order valence-electron chi connectivity index (χ3n) is 6.41. The maximum absolute atomic E-state index is 12.6. The van der Waals surface area contributed by atoms with Crippen molar-refractivity contribution >= 4 is 22.9 Å². The zero-order valence-electron chi connectivity index (χ0n) is 17.6. The zero-order chi connectivity index (χ0) is 20.7. The normalized spacial score (nSPS) is 23.5. The quantitative estimate of drug-likeness (QED) is 0.613. The van der Waals surface area contributed by atoms with Crippen LogP contribution in [0, 0.1) is 0 Å². The van der Waals surface area contributed by atoms with E-state index in [1.165, 1.54) is 23.4 Å². The highest BCUT2D eigenvalue weighted by Crippen LogP contribution is 2.44. The molecule has 1 aromatic carbocycles. The molecule has 2 heterocycles. The van der Waals surface area contributed by atoms with Gasteiger partial charge in [0.2, 0.25) is 0 Å². The Bertz CT molecular complexity index is 934. The van der Waals surface area contributed by atoms with Crippen LogP contribution in [0.1, 0.15) is 44.2 Å². The largest absolute Gasteiger partial charge is 0.427 e. The highest BCUT2D eigenvalue weighted by molar-refractivity contribution is 5.90. The summed E-state index contributed by atoms with van der Waals surface area (Å²) in [6, 6.07) is 4.37. The molecule has 1 aliphatic heterocycles. The number of amides is 2. The molecule has 4 rings (SSSR count). The van der Waals surface area contributed by atoms with E-state index in [1.54, 1.807) is 0 Å². The van der Waals surface area contributed by atoms with E-state index in [-0.39, 0.29) is 24.0 Å². The first-order valence-electron chi connectivity index (χ1n) is 10.5. The van der Waals surface area contributed by atoms with Gasteiger partial charge < -0.3 is 24.8 Å². The summed E-state index contributed by atoms with van der Waals surface area (Å²) in [5.41, 5.74) is 3.52. The number of rotatable bonds is 4. The fraction of sp³-hybridized carbons (Fsp3) is 0.545. The molecule has 0 saturated carbocycles.